The average molecular weight is 367 g/mol. The van der Waals surface area contributed by atoms with Crippen molar-refractivity contribution in [2.75, 3.05) is 0 Å². The summed E-state index contributed by atoms with van der Waals surface area (Å²) in [6.07, 6.45) is 3.98. The first-order chi connectivity index (χ1) is 11.5. The summed E-state index contributed by atoms with van der Waals surface area (Å²) in [6, 6.07) is 8.74. The van der Waals surface area contributed by atoms with Crippen LogP contribution in [0.4, 0.5) is 8.78 Å². The molecule has 0 atom stereocenters. The highest BCUT2D eigenvalue weighted by atomic mass is 35.5. The lowest BCUT2D eigenvalue weighted by Crippen LogP contribution is -2.05. The maximum Gasteiger partial charge on any atom is 0.388 e. The van der Waals surface area contributed by atoms with Crippen LogP contribution in [0.25, 0.3) is 11.1 Å². The van der Waals surface area contributed by atoms with Gasteiger partial charge in [-0.05, 0) is 36.2 Å². The molecule has 3 rings (SSSR count). The van der Waals surface area contributed by atoms with E-state index in [1.54, 1.807) is 47.9 Å². The Labute approximate surface area is 146 Å². The maximum absolute atomic E-state index is 12.7. The molecule has 0 N–H and O–H groups in total. The minimum absolute atomic E-state index is 0.114. The van der Waals surface area contributed by atoms with E-state index in [0.29, 0.717) is 22.6 Å². The van der Waals surface area contributed by atoms with E-state index in [0.717, 1.165) is 15.4 Å². The number of aryl methyl sites for hydroxylation is 1. The normalized spacial score (nSPS) is 11.0. The highest BCUT2D eigenvalue weighted by Crippen LogP contribution is 2.32. The Kier molecular flexibility index (Phi) is 5.06. The van der Waals surface area contributed by atoms with Crippen LogP contribution in [0.2, 0.25) is 5.02 Å². The van der Waals surface area contributed by atoms with Crippen LogP contribution in [0.15, 0.2) is 42.7 Å². The Hall–Kier alpha value is -2.05. The molecule has 1 aromatic carbocycles. The monoisotopic (exact) mass is 366 g/mol. The van der Waals surface area contributed by atoms with Crippen molar-refractivity contribution < 1.29 is 13.5 Å². The molecule has 0 bridgehead atoms. The SMILES string of the molecule is Cc1ncc(Cc2cnc(OC(F)F)c(-c3cccc(Cl)c3)c2)s1. The topological polar surface area (TPSA) is 35.0 Å². The van der Waals surface area contributed by atoms with Crippen LogP contribution in [-0.2, 0) is 6.42 Å². The number of alkyl halides is 2. The Bertz CT molecular complexity index is 854. The number of aromatic nitrogens is 2. The van der Waals surface area contributed by atoms with Gasteiger partial charge in [0.2, 0.25) is 5.88 Å². The summed E-state index contributed by atoms with van der Waals surface area (Å²) in [6.45, 7) is -1.01. The molecule has 124 valence electrons. The Balaban J connectivity index is 2.00. The minimum Gasteiger partial charge on any atom is -0.416 e. The van der Waals surface area contributed by atoms with Gasteiger partial charge in [-0.3, -0.25) is 0 Å². The van der Waals surface area contributed by atoms with Crippen molar-refractivity contribution in [1.29, 1.82) is 0 Å². The predicted octanol–water partition coefficient (Wildman–Crippen LogP) is 5.36. The number of hydrogen-bond acceptors (Lipinski definition) is 4. The van der Waals surface area contributed by atoms with Crippen molar-refractivity contribution in [2.24, 2.45) is 0 Å². The zero-order valence-electron chi connectivity index (χ0n) is 12.7. The first-order valence-corrected chi connectivity index (χ1v) is 8.31. The highest BCUT2D eigenvalue weighted by Gasteiger charge is 2.15. The van der Waals surface area contributed by atoms with E-state index >= 15 is 0 Å². The van der Waals surface area contributed by atoms with Crippen LogP contribution < -0.4 is 4.74 Å². The summed E-state index contributed by atoms with van der Waals surface area (Å²) >= 11 is 7.60. The fourth-order valence-corrected chi connectivity index (χ4v) is 3.34. The van der Waals surface area contributed by atoms with Crippen molar-refractivity contribution in [1.82, 2.24) is 9.97 Å². The van der Waals surface area contributed by atoms with Crippen LogP contribution >= 0.6 is 22.9 Å². The summed E-state index contributed by atoms with van der Waals surface area (Å²) < 4.78 is 29.9. The zero-order chi connectivity index (χ0) is 17.1. The third-order valence-electron chi connectivity index (χ3n) is 3.29. The molecule has 3 aromatic rings. The summed E-state index contributed by atoms with van der Waals surface area (Å²) in [7, 11) is 0. The number of nitrogens with zero attached hydrogens (tertiary/aromatic N) is 2. The second-order valence-corrected chi connectivity index (χ2v) is 6.86. The second-order valence-electron chi connectivity index (χ2n) is 5.11. The first kappa shape index (κ1) is 16.8. The molecular formula is C17H13ClF2N2OS. The van der Waals surface area contributed by atoms with E-state index in [4.69, 9.17) is 11.6 Å². The lowest BCUT2D eigenvalue weighted by atomic mass is 10.0. The van der Waals surface area contributed by atoms with Gasteiger partial charge in [-0.25, -0.2) is 9.97 Å². The molecule has 3 nitrogen and oxygen atoms in total. The molecule has 0 spiro atoms. The molecule has 0 saturated heterocycles. The fraction of sp³-hybridized carbons (Fsp3) is 0.176. The van der Waals surface area contributed by atoms with E-state index in [1.807, 2.05) is 13.1 Å². The molecule has 2 aromatic heterocycles. The van der Waals surface area contributed by atoms with Crippen molar-refractivity contribution in [3.63, 3.8) is 0 Å². The number of ether oxygens (including phenoxy) is 1. The highest BCUT2D eigenvalue weighted by molar-refractivity contribution is 7.11. The van der Waals surface area contributed by atoms with Gasteiger partial charge in [-0.15, -0.1) is 11.3 Å². The third kappa shape index (κ3) is 4.07. The van der Waals surface area contributed by atoms with Crippen molar-refractivity contribution in [3.8, 4) is 17.0 Å². The summed E-state index contributed by atoms with van der Waals surface area (Å²) in [5, 5.41) is 1.49. The molecule has 24 heavy (non-hydrogen) atoms. The lowest BCUT2D eigenvalue weighted by molar-refractivity contribution is -0.0524. The van der Waals surface area contributed by atoms with Crippen LogP contribution in [0.1, 0.15) is 15.4 Å². The Morgan fingerprint density at radius 2 is 2.04 bits per heavy atom. The molecular weight excluding hydrogens is 354 g/mol. The Morgan fingerprint density at radius 3 is 2.71 bits per heavy atom. The Morgan fingerprint density at radius 1 is 1.21 bits per heavy atom. The fourth-order valence-electron chi connectivity index (χ4n) is 2.32. The van der Waals surface area contributed by atoms with Gasteiger partial charge in [0.05, 0.1) is 5.01 Å². The second kappa shape index (κ2) is 7.23. The number of pyridine rings is 1. The largest absolute Gasteiger partial charge is 0.416 e. The van der Waals surface area contributed by atoms with Crippen molar-refractivity contribution in [2.45, 2.75) is 20.0 Å². The number of hydrogen-bond donors (Lipinski definition) is 0. The van der Waals surface area contributed by atoms with Gasteiger partial charge >= 0.3 is 6.61 Å². The minimum atomic E-state index is -2.94. The smallest absolute Gasteiger partial charge is 0.388 e. The van der Waals surface area contributed by atoms with Crippen LogP contribution in [0.5, 0.6) is 5.88 Å². The van der Waals surface area contributed by atoms with Crippen molar-refractivity contribution >= 4 is 22.9 Å². The van der Waals surface area contributed by atoms with Crippen LogP contribution in [0.3, 0.4) is 0 Å². The molecule has 0 aliphatic heterocycles. The molecule has 0 aliphatic carbocycles. The number of rotatable bonds is 5. The predicted molar refractivity (Wildman–Crippen MR) is 91.0 cm³/mol. The first-order valence-electron chi connectivity index (χ1n) is 7.12. The van der Waals surface area contributed by atoms with E-state index in [-0.39, 0.29) is 5.88 Å². The summed E-state index contributed by atoms with van der Waals surface area (Å²) in [4.78, 5) is 9.36. The van der Waals surface area contributed by atoms with Crippen LogP contribution in [0, 0.1) is 6.92 Å². The van der Waals surface area contributed by atoms with E-state index in [9.17, 15) is 8.78 Å². The van der Waals surface area contributed by atoms with Gasteiger partial charge in [0.25, 0.3) is 0 Å². The van der Waals surface area contributed by atoms with Gasteiger partial charge in [0.15, 0.2) is 0 Å². The standard InChI is InChI=1S/C17H13ClF2N2OS/c1-10-21-9-14(24-10)5-11-6-15(12-3-2-4-13(18)7-12)16(22-8-11)23-17(19)20/h2-4,6-9,17H,5H2,1H3. The number of benzene rings is 1. The number of halogens is 3. The van der Waals surface area contributed by atoms with Gasteiger partial charge in [0, 0.05) is 34.3 Å². The molecule has 0 saturated carbocycles. The van der Waals surface area contributed by atoms with Crippen molar-refractivity contribution in [3.05, 3.63) is 63.2 Å². The molecule has 0 radical (unpaired) electrons. The zero-order valence-corrected chi connectivity index (χ0v) is 14.2. The molecule has 7 heteroatoms. The molecule has 0 aliphatic rings. The molecule has 0 unspecified atom stereocenters. The van der Waals surface area contributed by atoms with E-state index in [2.05, 4.69) is 14.7 Å². The molecule has 0 amide bonds. The lowest BCUT2D eigenvalue weighted by Gasteiger charge is -2.11. The van der Waals surface area contributed by atoms with E-state index in [1.165, 1.54) is 0 Å². The van der Waals surface area contributed by atoms with Gasteiger partial charge in [-0.1, -0.05) is 23.7 Å². The quantitative estimate of drug-likeness (QED) is 0.609. The van der Waals surface area contributed by atoms with Gasteiger partial charge in [0.1, 0.15) is 0 Å². The van der Waals surface area contributed by atoms with E-state index < -0.39 is 6.61 Å². The van der Waals surface area contributed by atoms with Gasteiger partial charge in [-0.2, -0.15) is 8.78 Å². The molecule has 2 heterocycles. The molecule has 0 fully saturated rings. The maximum atomic E-state index is 12.7. The summed E-state index contributed by atoms with van der Waals surface area (Å²) in [5.41, 5.74) is 2.04. The third-order valence-corrected chi connectivity index (χ3v) is 4.44. The summed E-state index contributed by atoms with van der Waals surface area (Å²) in [5.74, 6) is -0.114. The van der Waals surface area contributed by atoms with Gasteiger partial charge < -0.3 is 4.74 Å². The van der Waals surface area contributed by atoms with Crippen LogP contribution in [-0.4, -0.2) is 16.6 Å². The number of thiazole rings is 1. The average Bonchev–Trinajstić information content (AvgIpc) is 2.93.